The summed E-state index contributed by atoms with van der Waals surface area (Å²) in [6.07, 6.45) is 0. The predicted octanol–water partition coefficient (Wildman–Crippen LogP) is 2.25. The summed E-state index contributed by atoms with van der Waals surface area (Å²) < 4.78 is 1.42. The quantitative estimate of drug-likeness (QED) is 0.586. The van der Waals surface area contributed by atoms with Gasteiger partial charge in [-0.2, -0.15) is 0 Å². The Morgan fingerprint density at radius 3 is 2.13 bits per heavy atom. The Morgan fingerprint density at radius 1 is 0.826 bits per heavy atom. The van der Waals surface area contributed by atoms with Gasteiger partial charge in [0.25, 0.3) is 5.56 Å². The van der Waals surface area contributed by atoms with Crippen molar-refractivity contribution in [2.45, 2.75) is 6.92 Å². The molecular weight excluding hydrogens is 292 g/mol. The summed E-state index contributed by atoms with van der Waals surface area (Å²) in [5.74, 6) is -0.736. The molecule has 5 nitrogen and oxygen atoms in total. The molecule has 2 aromatic carbocycles. The van der Waals surface area contributed by atoms with Crippen LogP contribution in [0.15, 0.2) is 53.3 Å². The molecule has 1 aliphatic carbocycles. The van der Waals surface area contributed by atoms with Gasteiger partial charge in [0.2, 0.25) is 11.6 Å². The minimum Gasteiger partial charge on any atom is -0.288 e. The molecule has 1 aromatic heterocycles. The number of para-hydroxylation sites is 1. The lowest BCUT2D eigenvalue weighted by atomic mass is 9.88. The number of aromatic amines is 1. The number of carbonyl (C=O) groups excluding carboxylic acids is 2. The molecular formula is C18H12N2O3. The van der Waals surface area contributed by atoms with Crippen molar-refractivity contribution in [2.24, 2.45) is 0 Å². The van der Waals surface area contributed by atoms with E-state index in [-0.39, 0.29) is 22.6 Å². The second-order valence-electron chi connectivity index (χ2n) is 5.49. The van der Waals surface area contributed by atoms with E-state index in [4.69, 9.17) is 0 Å². The van der Waals surface area contributed by atoms with Crippen LogP contribution in [0.1, 0.15) is 37.5 Å². The van der Waals surface area contributed by atoms with Gasteiger partial charge in [0.1, 0.15) is 11.3 Å². The minimum atomic E-state index is -0.545. The first-order valence-electron chi connectivity index (χ1n) is 7.19. The fourth-order valence-corrected chi connectivity index (χ4v) is 2.99. The maximum absolute atomic E-state index is 12.8. The Labute approximate surface area is 131 Å². The van der Waals surface area contributed by atoms with Crippen molar-refractivity contribution in [1.29, 1.82) is 0 Å². The predicted molar refractivity (Wildman–Crippen MR) is 84.4 cm³/mol. The fourth-order valence-electron chi connectivity index (χ4n) is 2.99. The molecule has 0 unspecified atom stereocenters. The zero-order valence-corrected chi connectivity index (χ0v) is 12.3. The van der Waals surface area contributed by atoms with E-state index in [0.29, 0.717) is 11.3 Å². The average molecular weight is 304 g/mol. The molecule has 0 saturated heterocycles. The van der Waals surface area contributed by atoms with Crippen LogP contribution < -0.4 is 5.56 Å². The molecule has 1 N–H and O–H groups in total. The first-order valence-corrected chi connectivity index (χ1v) is 7.19. The Morgan fingerprint density at radius 2 is 1.43 bits per heavy atom. The molecule has 0 saturated carbocycles. The highest BCUT2D eigenvalue weighted by atomic mass is 16.2. The second-order valence-corrected chi connectivity index (χ2v) is 5.49. The summed E-state index contributed by atoms with van der Waals surface area (Å²) in [6, 6.07) is 13.9. The number of H-pyrrole nitrogens is 1. The van der Waals surface area contributed by atoms with E-state index in [9.17, 15) is 14.4 Å². The lowest BCUT2D eigenvalue weighted by Gasteiger charge is -2.16. The van der Waals surface area contributed by atoms with E-state index in [0.717, 1.165) is 5.56 Å². The number of nitrogens with zero attached hydrogens (tertiary/aromatic N) is 1. The highest BCUT2D eigenvalue weighted by molar-refractivity contribution is 6.27. The van der Waals surface area contributed by atoms with Crippen molar-refractivity contribution in [3.05, 3.63) is 86.8 Å². The Hall–Kier alpha value is -3.21. The summed E-state index contributed by atoms with van der Waals surface area (Å²) in [4.78, 5) is 37.7. The summed E-state index contributed by atoms with van der Waals surface area (Å²) in [7, 11) is 0. The molecule has 0 aliphatic heterocycles. The number of hydrogen-bond donors (Lipinski definition) is 1. The standard InChI is InChI=1S/C18H12N2O3/c1-10-6-2-5-9-13(10)20-15-14(18(23)19-20)16(21)11-7-3-4-8-12(11)17(15)22/h2-9H,1H3,(H,19,23). The van der Waals surface area contributed by atoms with Crippen molar-refractivity contribution in [3.63, 3.8) is 0 Å². The van der Waals surface area contributed by atoms with Crippen LogP contribution in [0.25, 0.3) is 5.69 Å². The number of rotatable bonds is 1. The molecule has 0 radical (unpaired) electrons. The SMILES string of the molecule is Cc1ccccc1-n1[nH]c(=O)c2c1C(=O)c1ccccc1C2=O. The number of benzene rings is 2. The molecule has 0 atom stereocenters. The van der Waals surface area contributed by atoms with E-state index in [1.165, 1.54) is 4.68 Å². The first kappa shape index (κ1) is 13.5. The van der Waals surface area contributed by atoms with Crippen LogP contribution in [-0.4, -0.2) is 21.3 Å². The maximum atomic E-state index is 12.8. The van der Waals surface area contributed by atoms with Gasteiger partial charge in [-0.25, -0.2) is 4.68 Å². The molecule has 0 fully saturated rings. The van der Waals surface area contributed by atoms with Crippen LogP contribution in [0.2, 0.25) is 0 Å². The van der Waals surface area contributed by atoms with Crippen molar-refractivity contribution >= 4 is 11.6 Å². The van der Waals surface area contributed by atoms with Crippen LogP contribution in [0, 0.1) is 6.92 Å². The second kappa shape index (κ2) is 4.64. The van der Waals surface area contributed by atoms with E-state index in [2.05, 4.69) is 5.10 Å². The molecule has 4 rings (SSSR count). The molecule has 3 aromatic rings. The third kappa shape index (κ3) is 1.76. The number of hydrogen-bond acceptors (Lipinski definition) is 3. The molecule has 0 bridgehead atoms. The lowest BCUT2D eigenvalue weighted by Crippen LogP contribution is -2.25. The highest BCUT2D eigenvalue weighted by Gasteiger charge is 2.35. The fraction of sp³-hybridized carbons (Fsp3) is 0.0556. The highest BCUT2D eigenvalue weighted by Crippen LogP contribution is 2.27. The van der Waals surface area contributed by atoms with Gasteiger partial charge >= 0.3 is 0 Å². The topological polar surface area (TPSA) is 71.9 Å². The summed E-state index contributed by atoms with van der Waals surface area (Å²) in [5.41, 5.74) is 1.64. The van der Waals surface area contributed by atoms with Crippen LogP contribution in [0.5, 0.6) is 0 Å². The van der Waals surface area contributed by atoms with Gasteiger partial charge in [-0.05, 0) is 18.6 Å². The Bertz CT molecular complexity index is 1040. The van der Waals surface area contributed by atoms with Crippen LogP contribution in [-0.2, 0) is 0 Å². The summed E-state index contributed by atoms with van der Waals surface area (Å²) in [5, 5.41) is 2.63. The largest absolute Gasteiger partial charge is 0.288 e. The van der Waals surface area contributed by atoms with Crippen molar-refractivity contribution in [1.82, 2.24) is 9.78 Å². The summed E-state index contributed by atoms with van der Waals surface area (Å²) >= 11 is 0. The van der Waals surface area contributed by atoms with Crippen LogP contribution >= 0.6 is 0 Å². The van der Waals surface area contributed by atoms with Crippen LogP contribution in [0.3, 0.4) is 0 Å². The molecule has 1 aliphatic rings. The third-order valence-electron chi connectivity index (χ3n) is 4.12. The smallest absolute Gasteiger partial charge is 0.276 e. The molecule has 0 spiro atoms. The normalized spacial score (nSPS) is 12.9. The van der Waals surface area contributed by atoms with Gasteiger partial charge in [-0.3, -0.25) is 19.5 Å². The Balaban J connectivity index is 2.06. The third-order valence-corrected chi connectivity index (χ3v) is 4.12. The van der Waals surface area contributed by atoms with Crippen molar-refractivity contribution < 1.29 is 9.59 Å². The van der Waals surface area contributed by atoms with E-state index in [1.54, 1.807) is 30.3 Å². The summed E-state index contributed by atoms with van der Waals surface area (Å²) in [6.45, 7) is 1.88. The molecule has 0 amide bonds. The maximum Gasteiger partial charge on any atom is 0.276 e. The van der Waals surface area contributed by atoms with E-state index < -0.39 is 11.3 Å². The average Bonchev–Trinajstić information content (AvgIpc) is 2.91. The number of carbonyl (C=O) groups is 2. The van der Waals surface area contributed by atoms with Crippen molar-refractivity contribution in [2.75, 3.05) is 0 Å². The van der Waals surface area contributed by atoms with E-state index in [1.807, 2.05) is 25.1 Å². The molecule has 23 heavy (non-hydrogen) atoms. The van der Waals surface area contributed by atoms with E-state index >= 15 is 0 Å². The number of aryl methyl sites for hydroxylation is 1. The van der Waals surface area contributed by atoms with Gasteiger partial charge in [0.15, 0.2) is 0 Å². The van der Waals surface area contributed by atoms with Crippen molar-refractivity contribution in [3.8, 4) is 5.69 Å². The number of ketones is 2. The molecule has 5 heteroatoms. The van der Waals surface area contributed by atoms with Crippen LogP contribution in [0.4, 0.5) is 0 Å². The number of nitrogens with one attached hydrogen (secondary N) is 1. The lowest BCUT2D eigenvalue weighted by molar-refractivity contribution is 0.0974. The zero-order chi connectivity index (χ0) is 16.1. The number of fused-ring (bicyclic) bond motifs is 2. The van der Waals surface area contributed by atoms with Gasteiger partial charge < -0.3 is 0 Å². The zero-order valence-electron chi connectivity index (χ0n) is 12.3. The van der Waals surface area contributed by atoms with Gasteiger partial charge in [-0.15, -0.1) is 0 Å². The monoisotopic (exact) mass is 304 g/mol. The molecule has 1 heterocycles. The van der Waals surface area contributed by atoms with Gasteiger partial charge in [0, 0.05) is 11.1 Å². The molecule has 112 valence electrons. The minimum absolute atomic E-state index is 0.0862. The van der Waals surface area contributed by atoms with Gasteiger partial charge in [0.05, 0.1) is 5.69 Å². The van der Waals surface area contributed by atoms with Gasteiger partial charge in [-0.1, -0.05) is 42.5 Å². The number of aromatic nitrogens is 2. The first-order chi connectivity index (χ1) is 11.1. The Kier molecular flexibility index (Phi) is 2.72.